The molecule has 0 saturated heterocycles. The van der Waals surface area contributed by atoms with Gasteiger partial charge in [-0.15, -0.1) is 10.2 Å². The van der Waals surface area contributed by atoms with Crippen LogP contribution in [0.3, 0.4) is 0 Å². The summed E-state index contributed by atoms with van der Waals surface area (Å²) < 4.78 is 0. The molecule has 2 rings (SSSR count). The maximum atomic E-state index is 11.4. The fourth-order valence-electron chi connectivity index (χ4n) is 1.87. The van der Waals surface area contributed by atoms with Crippen molar-refractivity contribution in [2.24, 2.45) is 0 Å². The summed E-state index contributed by atoms with van der Waals surface area (Å²) in [4.78, 5) is 13.3. The first kappa shape index (κ1) is 14.5. The van der Waals surface area contributed by atoms with Gasteiger partial charge in [-0.1, -0.05) is 12.1 Å². The van der Waals surface area contributed by atoms with E-state index >= 15 is 0 Å². The number of hydrogen-bond donors (Lipinski definition) is 1. The summed E-state index contributed by atoms with van der Waals surface area (Å²) in [6, 6.07) is 12.9. The number of aromatic nitrogens is 2. The second-order valence-corrected chi connectivity index (χ2v) is 4.52. The Balaban J connectivity index is 2.11. The molecule has 0 fully saturated rings. The molecule has 1 aromatic heterocycles. The topological polar surface area (TPSA) is 81.9 Å². The van der Waals surface area contributed by atoms with Crippen LogP contribution in [0.4, 0.5) is 5.82 Å². The lowest BCUT2D eigenvalue weighted by Crippen LogP contribution is -2.22. The van der Waals surface area contributed by atoms with Gasteiger partial charge in [-0.05, 0) is 29.8 Å². The zero-order chi connectivity index (χ0) is 15.2. The third-order valence-electron chi connectivity index (χ3n) is 2.98. The van der Waals surface area contributed by atoms with Gasteiger partial charge in [-0.3, -0.25) is 4.79 Å². The molecule has 0 bridgehead atoms. The van der Waals surface area contributed by atoms with E-state index < -0.39 is 0 Å². The Kier molecular flexibility index (Phi) is 4.46. The van der Waals surface area contributed by atoms with Crippen LogP contribution in [-0.4, -0.2) is 30.2 Å². The van der Waals surface area contributed by atoms with E-state index in [1.807, 2.05) is 30.1 Å². The SMILES string of the molecule is CNC(=O)c1ccc(N(C)Cc2cccc(C#N)c2)nn1. The number of amides is 1. The van der Waals surface area contributed by atoms with Gasteiger partial charge in [0.15, 0.2) is 11.5 Å². The monoisotopic (exact) mass is 281 g/mol. The molecule has 6 heteroatoms. The standard InChI is InChI=1S/C15H15N5O/c1-17-15(21)13-6-7-14(19-18-13)20(2)10-12-5-3-4-11(8-12)9-16/h3-8H,10H2,1-2H3,(H,17,21). The van der Waals surface area contributed by atoms with Crippen molar-refractivity contribution < 1.29 is 4.79 Å². The number of nitrogens with zero attached hydrogens (tertiary/aromatic N) is 4. The molecule has 6 nitrogen and oxygen atoms in total. The van der Waals surface area contributed by atoms with Crippen molar-refractivity contribution in [3.63, 3.8) is 0 Å². The number of carbonyl (C=O) groups excluding carboxylic acids is 1. The third kappa shape index (κ3) is 3.54. The van der Waals surface area contributed by atoms with Crippen molar-refractivity contribution in [3.8, 4) is 6.07 Å². The lowest BCUT2D eigenvalue weighted by molar-refractivity contribution is 0.0957. The lowest BCUT2D eigenvalue weighted by Gasteiger charge is -2.17. The van der Waals surface area contributed by atoms with Crippen molar-refractivity contribution in [1.82, 2.24) is 15.5 Å². The van der Waals surface area contributed by atoms with Gasteiger partial charge in [0.2, 0.25) is 0 Å². The molecule has 0 radical (unpaired) electrons. The first-order valence-electron chi connectivity index (χ1n) is 6.40. The van der Waals surface area contributed by atoms with Crippen LogP contribution in [-0.2, 0) is 6.54 Å². The number of hydrogen-bond acceptors (Lipinski definition) is 5. The summed E-state index contributed by atoms with van der Waals surface area (Å²) in [5.41, 5.74) is 1.91. The number of rotatable bonds is 4. The van der Waals surface area contributed by atoms with Gasteiger partial charge in [-0.2, -0.15) is 5.26 Å². The highest BCUT2D eigenvalue weighted by Crippen LogP contribution is 2.13. The molecule has 1 N–H and O–H groups in total. The van der Waals surface area contributed by atoms with E-state index in [4.69, 9.17) is 5.26 Å². The van der Waals surface area contributed by atoms with E-state index in [-0.39, 0.29) is 11.6 Å². The number of nitrogens with one attached hydrogen (secondary N) is 1. The second-order valence-electron chi connectivity index (χ2n) is 4.52. The Bertz CT molecular complexity index is 675. The molecule has 21 heavy (non-hydrogen) atoms. The summed E-state index contributed by atoms with van der Waals surface area (Å²) in [6.45, 7) is 0.601. The van der Waals surface area contributed by atoms with Gasteiger partial charge in [0, 0.05) is 20.6 Å². The summed E-state index contributed by atoms with van der Waals surface area (Å²) in [6.07, 6.45) is 0. The fourth-order valence-corrected chi connectivity index (χ4v) is 1.87. The van der Waals surface area contributed by atoms with E-state index in [1.54, 1.807) is 25.2 Å². The molecule has 0 aliphatic carbocycles. The largest absolute Gasteiger partial charge is 0.354 e. The molecule has 0 aliphatic rings. The van der Waals surface area contributed by atoms with Crippen molar-refractivity contribution in [3.05, 3.63) is 53.2 Å². The Hall–Kier alpha value is -2.94. The molecular weight excluding hydrogens is 266 g/mol. The minimum Gasteiger partial charge on any atom is -0.354 e. The molecule has 0 atom stereocenters. The van der Waals surface area contributed by atoms with Crippen LogP contribution in [0.2, 0.25) is 0 Å². The van der Waals surface area contributed by atoms with E-state index in [1.165, 1.54) is 0 Å². The number of nitriles is 1. The predicted octanol–water partition coefficient (Wildman–Crippen LogP) is 1.34. The van der Waals surface area contributed by atoms with Crippen LogP contribution in [0, 0.1) is 11.3 Å². The summed E-state index contributed by atoms with van der Waals surface area (Å²) in [7, 11) is 3.43. The van der Waals surface area contributed by atoms with Gasteiger partial charge in [-0.25, -0.2) is 0 Å². The zero-order valence-corrected chi connectivity index (χ0v) is 11.9. The number of anilines is 1. The molecule has 0 unspecified atom stereocenters. The summed E-state index contributed by atoms with van der Waals surface area (Å²) >= 11 is 0. The quantitative estimate of drug-likeness (QED) is 0.914. The van der Waals surface area contributed by atoms with Gasteiger partial charge in [0.25, 0.3) is 5.91 Å². The Labute approximate surface area is 123 Å². The van der Waals surface area contributed by atoms with Crippen LogP contribution >= 0.6 is 0 Å². The highest BCUT2D eigenvalue weighted by atomic mass is 16.1. The van der Waals surface area contributed by atoms with Crippen LogP contribution < -0.4 is 10.2 Å². The van der Waals surface area contributed by atoms with Crippen molar-refractivity contribution >= 4 is 11.7 Å². The molecule has 0 spiro atoms. The zero-order valence-electron chi connectivity index (χ0n) is 11.9. The average Bonchev–Trinajstić information content (AvgIpc) is 2.54. The Morgan fingerprint density at radius 3 is 2.76 bits per heavy atom. The summed E-state index contributed by atoms with van der Waals surface area (Å²) in [5, 5.41) is 19.3. The Morgan fingerprint density at radius 2 is 2.14 bits per heavy atom. The molecule has 1 amide bonds. The highest BCUT2D eigenvalue weighted by molar-refractivity contribution is 5.91. The summed E-state index contributed by atoms with van der Waals surface area (Å²) in [5.74, 6) is 0.392. The maximum absolute atomic E-state index is 11.4. The second kappa shape index (κ2) is 6.48. The van der Waals surface area contributed by atoms with Crippen molar-refractivity contribution in [2.45, 2.75) is 6.54 Å². The highest BCUT2D eigenvalue weighted by Gasteiger charge is 2.08. The molecule has 1 heterocycles. The van der Waals surface area contributed by atoms with E-state index in [2.05, 4.69) is 21.6 Å². The first-order chi connectivity index (χ1) is 10.1. The molecular formula is C15H15N5O. The normalized spacial score (nSPS) is 9.76. The maximum Gasteiger partial charge on any atom is 0.271 e. The fraction of sp³-hybridized carbons (Fsp3) is 0.200. The van der Waals surface area contributed by atoms with Crippen LogP contribution in [0.5, 0.6) is 0 Å². The average molecular weight is 281 g/mol. The Morgan fingerprint density at radius 1 is 1.33 bits per heavy atom. The van der Waals surface area contributed by atoms with Crippen LogP contribution in [0.1, 0.15) is 21.6 Å². The van der Waals surface area contributed by atoms with Gasteiger partial charge >= 0.3 is 0 Å². The molecule has 0 saturated carbocycles. The van der Waals surface area contributed by atoms with Gasteiger partial charge < -0.3 is 10.2 Å². The van der Waals surface area contributed by atoms with Crippen LogP contribution in [0.25, 0.3) is 0 Å². The minimum absolute atomic E-state index is 0.265. The van der Waals surface area contributed by atoms with E-state index in [9.17, 15) is 4.79 Å². The third-order valence-corrected chi connectivity index (χ3v) is 2.98. The molecule has 2 aromatic rings. The molecule has 0 aliphatic heterocycles. The number of benzene rings is 1. The molecule has 106 valence electrons. The van der Waals surface area contributed by atoms with Gasteiger partial charge in [0.05, 0.1) is 11.6 Å². The molecule has 1 aromatic carbocycles. The van der Waals surface area contributed by atoms with E-state index in [0.29, 0.717) is 17.9 Å². The van der Waals surface area contributed by atoms with Crippen molar-refractivity contribution in [2.75, 3.05) is 19.0 Å². The predicted molar refractivity (Wildman–Crippen MR) is 78.7 cm³/mol. The van der Waals surface area contributed by atoms with Crippen LogP contribution in [0.15, 0.2) is 36.4 Å². The van der Waals surface area contributed by atoms with E-state index in [0.717, 1.165) is 5.56 Å². The van der Waals surface area contributed by atoms with Crippen molar-refractivity contribution in [1.29, 1.82) is 5.26 Å². The lowest BCUT2D eigenvalue weighted by atomic mass is 10.1. The first-order valence-corrected chi connectivity index (χ1v) is 6.40. The number of carbonyl (C=O) groups is 1. The van der Waals surface area contributed by atoms with Gasteiger partial charge in [0.1, 0.15) is 0 Å². The smallest absolute Gasteiger partial charge is 0.271 e. The minimum atomic E-state index is -0.265.